The van der Waals surface area contributed by atoms with Crippen LogP contribution in [-0.2, 0) is 16.1 Å². The highest BCUT2D eigenvalue weighted by atomic mass is 32.2. The van der Waals surface area contributed by atoms with Crippen molar-refractivity contribution < 1.29 is 9.59 Å². The quantitative estimate of drug-likeness (QED) is 0.835. The van der Waals surface area contributed by atoms with E-state index in [1.54, 1.807) is 32.9 Å². The summed E-state index contributed by atoms with van der Waals surface area (Å²) in [6.07, 6.45) is 0.811. The van der Waals surface area contributed by atoms with E-state index in [1.807, 2.05) is 38.4 Å². The molecule has 0 saturated carbocycles. The molecule has 0 spiro atoms. The molecule has 2 amide bonds. The molecule has 21 heavy (non-hydrogen) atoms. The first kappa shape index (κ1) is 16.4. The molecule has 1 saturated heterocycles. The molecule has 0 aliphatic carbocycles. The second-order valence-electron chi connectivity index (χ2n) is 5.41. The highest BCUT2D eigenvalue weighted by Gasteiger charge is 2.37. The van der Waals surface area contributed by atoms with Crippen molar-refractivity contribution in [2.75, 3.05) is 18.7 Å². The molecular formula is C15H22N2O2S2. The summed E-state index contributed by atoms with van der Waals surface area (Å²) in [5, 5.41) is 2.01. The summed E-state index contributed by atoms with van der Waals surface area (Å²) in [6.45, 7) is 4.55. The van der Waals surface area contributed by atoms with Gasteiger partial charge in [0, 0.05) is 23.6 Å². The van der Waals surface area contributed by atoms with Gasteiger partial charge in [-0.2, -0.15) is 0 Å². The van der Waals surface area contributed by atoms with Crippen LogP contribution in [0.1, 0.15) is 25.1 Å². The molecule has 2 heterocycles. The van der Waals surface area contributed by atoms with E-state index in [-0.39, 0.29) is 23.8 Å². The Morgan fingerprint density at radius 1 is 1.52 bits per heavy atom. The van der Waals surface area contributed by atoms with Crippen LogP contribution in [0.2, 0.25) is 0 Å². The highest BCUT2D eigenvalue weighted by molar-refractivity contribution is 7.99. The lowest BCUT2D eigenvalue weighted by atomic mass is 10.1. The third-order valence-corrected chi connectivity index (χ3v) is 5.71. The van der Waals surface area contributed by atoms with Crippen molar-refractivity contribution in [3.05, 3.63) is 22.4 Å². The van der Waals surface area contributed by atoms with Crippen molar-refractivity contribution in [2.45, 2.75) is 32.9 Å². The van der Waals surface area contributed by atoms with Crippen LogP contribution in [0.5, 0.6) is 0 Å². The standard InChI is InChI=1S/C15H22N2O2S2/c1-4-11(2)14(18)17-10-20-9-13(17)15(19)16(3)8-12-6-5-7-21-12/h5-7,11,13H,4,8-10H2,1-3H3. The van der Waals surface area contributed by atoms with Gasteiger partial charge in [0.2, 0.25) is 11.8 Å². The first-order chi connectivity index (χ1) is 10.0. The number of carbonyl (C=O) groups excluding carboxylic acids is 2. The van der Waals surface area contributed by atoms with E-state index in [4.69, 9.17) is 0 Å². The Morgan fingerprint density at radius 2 is 2.29 bits per heavy atom. The van der Waals surface area contributed by atoms with Crippen LogP contribution in [0, 0.1) is 5.92 Å². The van der Waals surface area contributed by atoms with Crippen molar-refractivity contribution in [3.8, 4) is 0 Å². The Labute approximate surface area is 134 Å². The fraction of sp³-hybridized carbons (Fsp3) is 0.600. The summed E-state index contributed by atoms with van der Waals surface area (Å²) >= 11 is 3.31. The second-order valence-corrected chi connectivity index (χ2v) is 7.44. The van der Waals surface area contributed by atoms with Gasteiger partial charge in [-0.25, -0.2) is 0 Å². The number of rotatable bonds is 5. The minimum Gasteiger partial charge on any atom is -0.339 e. The molecule has 6 heteroatoms. The van der Waals surface area contributed by atoms with Gasteiger partial charge in [-0.3, -0.25) is 9.59 Å². The monoisotopic (exact) mass is 326 g/mol. The van der Waals surface area contributed by atoms with Gasteiger partial charge in [0.15, 0.2) is 0 Å². The molecule has 116 valence electrons. The largest absolute Gasteiger partial charge is 0.339 e. The van der Waals surface area contributed by atoms with Crippen LogP contribution in [0.4, 0.5) is 0 Å². The molecule has 0 radical (unpaired) electrons. The molecule has 1 aliphatic heterocycles. The molecule has 0 aromatic carbocycles. The Hall–Kier alpha value is -1.01. The van der Waals surface area contributed by atoms with Crippen molar-refractivity contribution in [2.24, 2.45) is 5.92 Å². The van der Waals surface area contributed by atoms with Crippen molar-refractivity contribution in [3.63, 3.8) is 0 Å². The van der Waals surface area contributed by atoms with Crippen molar-refractivity contribution >= 4 is 34.9 Å². The number of amides is 2. The number of carbonyl (C=O) groups is 2. The minimum absolute atomic E-state index is 0.0124. The first-order valence-corrected chi connectivity index (χ1v) is 9.23. The number of likely N-dealkylation sites (N-methyl/N-ethyl adjacent to an activating group) is 1. The summed E-state index contributed by atoms with van der Waals surface area (Å²) in [5.41, 5.74) is 0. The molecule has 4 nitrogen and oxygen atoms in total. The van der Waals surface area contributed by atoms with Crippen LogP contribution in [0.25, 0.3) is 0 Å². The Bertz CT molecular complexity index is 490. The summed E-state index contributed by atoms with van der Waals surface area (Å²) < 4.78 is 0. The third kappa shape index (κ3) is 3.80. The Balaban J connectivity index is 2.01. The highest BCUT2D eigenvalue weighted by Crippen LogP contribution is 2.25. The van der Waals surface area contributed by atoms with Crippen LogP contribution in [-0.4, -0.2) is 46.3 Å². The summed E-state index contributed by atoms with van der Waals surface area (Å²) in [4.78, 5) is 29.7. The average Bonchev–Trinajstić information content (AvgIpc) is 3.15. The van der Waals surface area contributed by atoms with Gasteiger partial charge in [-0.1, -0.05) is 19.9 Å². The van der Waals surface area contributed by atoms with E-state index in [9.17, 15) is 9.59 Å². The summed E-state index contributed by atoms with van der Waals surface area (Å²) in [5.74, 6) is 1.47. The lowest BCUT2D eigenvalue weighted by Crippen LogP contribution is -2.48. The Kier molecular flexibility index (Phi) is 5.70. The van der Waals surface area contributed by atoms with Gasteiger partial charge in [0.05, 0.1) is 12.4 Å². The lowest BCUT2D eigenvalue weighted by Gasteiger charge is -2.28. The molecular weight excluding hydrogens is 304 g/mol. The molecule has 1 aliphatic rings. The predicted molar refractivity (Wildman–Crippen MR) is 88.2 cm³/mol. The van der Waals surface area contributed by atoms with Gasteiger partial charge in [-0.15, -0.1) is 23.1 Å². The van der Waals surface area contributed by atoms with Gasteiger partial charge in [-0.05, 0) is 17.9 Å². The second kappa shape index (κ2) is 7.31. The van der Waals surface area contributed by atoms with Gasteiger partial charge < -0.3 is 9.80 Å². The average molecular weight is 326 g/mol. The van der Waals surface area contributed by atoms with Crippen LogP contribution in [0.3, 0.4) is 0 Å². The maximum Gasteiger partial charge on any atom is 0.246 e. The fourth-order valence-corrected chi connectivity index (χ4v) is 4.20. The van der Waals surface area contributed by atoms with E-state index in [0.717, 1.165) is 11.3 Å². The van der Waals surface area contributed by atoms with E-state index in [2.05, 4.69) is 0 Å². The number of hydrogen-bond donors (Lipinski definition) is 0. The number of hydrogen-bond acceptors (Lipinski definition) is 4. The molecule has 2 rings (SSSR count). The minimum atomic E-state index is -0.304. The smallest absolute Gasteiger partial charge is 0.246 e. The topological polar surface area (TPSA) is 40.6 Å². The van der Waals surface area contributed by atoms with E-state index >= 15 is 0 Å². The van der Waals surface area contributed by atoms with Gasteiger partial charge in [0.1, 0.15) is 6.04 Å². The van der Waals surface area contributed by atoms with Crippen molar-refractivity contribution in [1.29, 1.82) is 0 Å². The molecule has 0 bridgehead atoms. The SMILES string of the molecule is CCC(C)C(=O)N1CSCC1C(=O)N(C)Cc1cccs1. The van der Waals surface area contributed by atoms with Crippen LogP contribution in [0.15, 0.2) is 17.5 Å². The number of thioether (sulfide) groups is 1. The molecule has 1 aromatic rings. The molecule has 1 fully saturated rings. The van der Waals surface area contributed by atoms with E-state index in [0.29, 0.717) is 18.2 Å². The zero-order chi connectivity index (χ0) is 15.4. The third-order valence-electron chi connectivity index (χ3n) is 3.83. The van der Waals surface area contributed by atoms with Crippen LogP contribution >= 0.6 is 23.1 Å². The Morgan fingerprint density at radius 3 is 2.90 bits per heavy atom. The van der Waals surface area contributed by atoms with E-state index < -0.39 is 0 Å². The zero-order valence-electron chi connectivity index (χ0n) is 12.7. The summed E-state index contributed by atoms with van der Waals surface area (Å²) in [6, 6.07) is 3.71. The van der Waals surface area contributed by atoms with Crippen molar-refractivity contribution in [1.82, 2.24) is 9.80 Å². The van der Waals surface area contributed by atoms with Crippen LogP contribution < -0.4 is 0 Å². The fourth-order valence-electron chi connectivity index (χ4n) is 2.29. The number of nitrogens with zero attached hydrogens (tertiary/aromatic N) is 2. The van der Waals surface area contributed by atoms with Gasteiger partial charge >= 0.3 is 0 Å². The lowest BCUT2D eigenvalue weighted by molar-refractivity contribution is -0.144. The van der Waals surface area contributed by atoms with E-state index in [1.165, 1.54) is 0 Å². The zero-order valence-corrected chi connectivity index (χ0v) is 14.4. The van der Waals surface area contributed by atoms with Gasteiger partial charge in [0.25, 0.3) is 0 Å². The molecule has 0 N–H and O–H groups in total. The maximum atomic E-state index is 12.6. The molecule has 2 atom stereocenters. The summed E-state index contributed by atoms with van der Waals surface area (Å²) in [7, 11) is 1.82. The maximum absolute atomic E-state index is 12.6. The first-order valence-electron chi connectivity index (χ1n) is 7.20. The predicted octanol–water partition coefficient (Wildman–Crippen LogP) is 2.65. The molecule has 1 aromatic heterocycles. The molecule has 2 unspecified atom stereocenters. The number of thiophene rings is 1. The normalized spacial score (nSPS) is 19.6.